The van der Waals surface area contributed by atoms with E-state index in [0.29, 0.717) is 10.4 Å². The monoisotopic (exact) mass is 536 g/mol. The summed E-state index contributed by atoms with van der Waals surface area (Å²) in [4.78, 5) is 33.8. The van der Waals surface area contributed by atoms with Crippen molar-refractivity contribution in [3.63, 3.8) is 0 Å². The molecule has 0 saturated carbocycles. The third-order valence-corrected chi connectivity index (χ3v) is 6.11. The van der Waals surface area contributed by atoms with E-state index in [2.05, 4.69) is 20.4 Å². The van der Waals surface area contributed by atoms with Gasteiger partial charge in [0.15, 0.2) is 5.82 Å². The summed E-state index contributed by atoms with van der Waals surface area (Å²) >= 11 is 0. The highest BCUT2D eigenvalue weighted by Crippen LogP contribution is 2.33. The van der Waals surface area contributed by atoms with Gasteiger partial charge >= 0.3 is 6.18 Å². The van der Waals surface area contributed by atoms with Gasteiger partial charge in [-0.3, -0.25) is 9.59 Å². The maximum atomic E-state index is 14.7. The zero-order valence-corrected chi connectivity index (χ0v) is 19.8. The first-order valence-corrected chi connectivity index (χ1v) is 10.9. The number of aromatic nitrogens is 4. The second kappa shape index (κ2) is 9.41. The molecule has 0 radical (unpaired) electrons. The minimum atomic E-state index is -5.28. The van der Waals surface area contributed by atoms with Gasteiger partial charge in [0.05, 0.1) is 31.0 Å². The summed E-state index contributed by atoms with van der Waals surface area (Å²) in [5.74, 6) is -2.72. The Morgan fingerprint density at radius 1 is 1.29 bits per heavy atom. The number of ether oxygens (including phenoxy) is 1. The molecule has 3 aromatic rings. The Kier molecular flexibility index (Phi) is 6.57. The number of carbonyl (C=O) groups excluding carboxylic acids is 2. The molecule has 2 amide bonds. The van der Waals surface area contributed by atoms with Gasteiger partial charge < -0.3 is 25.8 Å². The van der Waals surface area contributed by atoms with Crippen molar-refractivity contribution in [3.8, 4) is 23.2 Å². The molecule has 4 heterocycles. The molecule has 3 aromatic heterocycles. The molecule has 1 fully saturated rings. The van der Waals surface area contributed by atoms with Crippen molar-refractivity contribution in [2.75, 3.05) is 25.9 Å². The molecule has 1 saturated heterocycles. The van der Waals surface area contributed by atoms with Crippen molar-refractivity contribution < 1.29 is 37.0 Å². The molecule has 1 aliphatic rings. The number of carbonyl (C=O) groups is 2. The van der Waals surface area contributed by atoms with E-state index in [4.69, 9.17) is 10.5 Å². The largest absolute Gasteiger partial charge is 0.480 e. The van der Waals surface area contributed by atoms with Crippen LogP contribution in [0.2, 0.25) is 0 Å². The number of amides is 2. The van der Waals surface area contributed by atoms with Crippen LogP contribution in [-0.2, 0) is 4.79 Å². The van der Waals surface area contributed by atoms with Crippen molar-refractivity contribution in [3.05, 3.63) is 35.8 Å². The Morgan fingerprint density at radius 2 is 2.00 bits per heavy atom. The van der Waals surface area contributed by atoms with Crippen LogP contribution < -0.4 is 15.8 Å². The summed E-state index contributed by atoms with van der Waals surface area (Å²) in [6, 6.07) is 3.36. The van der Waals surface area contributed by atoms with E-state index in [1.807, 2.05) is 6.07 Å². The summed E-state index contributed by atoms with van der Waals surface area (Å²) in [5.41, 5.74) is 2.89. The van der Waals surface area contributed by atoms with E-state index in [-0.39, 0.29) is 41.0 Å². The number of hydrogen-bond donors (Lipinski definition) is 3. The molecule has 3 atom stereocenters. The number of fused-ring (bicyclic) bond motifs is 1. The molecular weight excluding hydrogens is 516 g/mol. The lowest BCUT2D eigenvalue weighted by atomic mass is 10.1. The summed E-state index contributed by atoms with van der Waals surface area (Å²) in [5, 5.41) is 25.7. The van der Waals surface area contributed by atoms with Gasteiger partial charge in [-0.25, -0.2) is 18.9 Å². The Balaban J connectivity index is 1.63. The first-order valence-electron chi connectivity index (χ1n) is 10.9. The first-order chi connectivity index (χ1) is 17.8. The number of nitriles is 1. The zero-order chi connectivity index (χ0) is 28.0. The van der Waals surface area contributed by atoms with Gasteiger partial charge in [-0.15, -0.1) is 0 Å². The molecule has 0 aromatic carbocycles. The molecular formula is C22H20F4N8O4. The summed E-state index contributed by atoms with van der Waals surface area (Å²) < 4.78 is 60.3. The molecule has 4 rings (SSSR count). The van der Waals surface area contributed by atoms with Crippen LogP contribution in [0.4, 0.5) is 23.4 Å². The maximum Gasteiger partial charge on any atom is 0.426 e. The van der Waals surface area contributed by atoms with Crippen molar-refractivity contribution >= 4 is 23.1 Å². The predicted molar refractivity (Wildman–Crippen MR) is 121 cm³/mol. The van der Waals surface area contributed by atoms with Crippen molar-refractivity contribution in [1.29, 1.82) is 5.26 Å². The number of nitrogens with zero attached hydrogens (tertiary/aromatic N) is 6. The lowest BCUT2D eigenvalue weighted by Crippen LogP contribution is -2.56. The standard InChI is InChI=1S/C22H20F4N8O4/c1-21(37,22(24,25)26)20(36)33-7-13(23)14(8-33)32-18(35)12-3-11(6-29-19(12)38-2)16-10(5-27)4-15-17(28)30-9-31-34(15)16/h3-4,6,9,13-14,37H,7-8H2,1-2H3,(H,32,35)(H2,28,30,31)/t13-,14+,21+/m0/s1. The fourth-order valence-corrected chi connectivity index (χ4v) is 4.02. The van der Waals surface area contributed by atoms with E-state index in [9.17, 15) is 37.5 Å². The quantitative estimate of drug-likeness (QED) is 0.400. The summed E-state index contributed by atoms with van der Waals surface area (Å²) in [6.07, 6.45) is -4.72. The minimum Gasteiger partial charge on any atom is -0.480 e. The van der Waals surface area contributed by atoms with Crippen LogP contribution in [-0.4, -0.2) is 85.6 Å². The van der Waals surface area contributed by atoms with Gasteiger partial charge in [0.1, 0.15) is 29.6 Å². The fraction of sp³-hybridized carbons (Fsp3) is 0.364. The molecule has 0 spiro atoms. The highest BCUT2D eigenvalue weighted by molar-refractivity contribution is 5.98. The van der Waals surface area contributed by atoms with E-state index in [0.717, 1.165) is 0 Å². The minimum absolute atomic E-state index is 0.0982. The molecule has 12 nitrogen and oxygen atoms in total. The average molecular weight is 536 g/mol. The van der Waals surface area contributed by atoms with Crippen LogP contribution >= 0.6 is 0 Å². The highest BCUT2D eigenvalue weighted by Gasteiger charge is 2.58. The topological polar surface area (TPSA) is 172 Å². The van der Waals surface area contributed by atoms with E-state index >= 15 is 0 Å². The fourth-order valence-electron chi connectivity index (χ4n) is 4.02. The molecule has 38 heavy (non-hydrogen) atoms. The summed E-state index contributed by atoms with van der Waals surface area (Å²) in [7, 11) is 1.23. The first kappa shape index (κ1) is 26.5. The zero-order valence-electron chi connectivity index (χ0n) is 19.8. The maximum absolute atomic E-state index is 14.7. The highest BCUT2D eigenvalue weighted by atomic mass is 19.4. The van der Waals surface area contributed by atoms with E-state index in [1.165, 1.54) is 36.3 Å². The van der Waals surface area contributed by atoms with Gasteiger partial charge in [0.2, 0.25) is 11.5 Å². The van der Waals surface area contributed by atoms with Crippen molar-refractivity contribution in [1.82, 2.24) is 29.8 Å². The smallest absolute Gasteiger partial charge is 0.426 e. The van der Waals surface area contributed by atoms with Gasteiger partial charge in [0.25, 0.3) is 11.8 Å². The second-order valence-corrected chi connectivity index (χ2v) is 8.62. The number of rotatable bonds is 5. The predicted octanol–water partition coefficient (Wildman–Crippen LogP) is 0.846. The van der Waals surface area contributed by atoms with Crippen LogP contribution in [0.25, 0.3) is 16.8 Å². The number of pyridine rings is 1. The second-order valence-electron chi connectivity index (χ2n) is 8.62. The third-order valence-electron chi connectivity index (χ3n) is 6.11. The van der Waals surface area contributed by atoms with Crippen LogP contribution in [0.15, 0.2) is 24.7 Å². The van der Waals surface area contributed by atoms with Gasteiger partial charge in [-0.05, 0) is 19.1 Å². The SMILES string of the molecule is COc1ncc(-c2c(C#N)cc3c(N)ncnn23)cc1C(=O)N[C@@H]1CN(C(=O)[C@@](C)(O)C(F)(F)F)C[C@@H]1F. The molecule has 16 heteroatoms. The summed E-state index contributed by atoms with van der Waals surface area (Å²) in [6.45, 7) is -1.12. The number of hydrogen-bond acceptors (Lipinski definition) is 9. The number of methoxy groups -OCH3 is 1. The number of nitrogens with one attached hydrogen (secondary N) is 1. The molecule has 1 aliphatic heterocycles. The number of likely N-dealkylation sites (tertiary alicyclic amines) is 1. The molecule has 0 bridgehead atoms. The Morgan fingerprint density at radius 3 is 2.63 bits per heavy atom. The lowest BCUT2D eigenvalue weighted by Gasteiger charge is -2.29. The van der Waals surface area contributed by atoms with Crippen molar-refractivity contribution in [2.45, 2.75) is 30.9 Å². The Labute approximate surface area is 211 Å². The average Bonchev–Trinajstić information content (AvgIpc) is 3.43. The Bertz CT molecular complexity index is 1470. The van der Waals surface area contributed by atoms with E-state index < -0.39 is 48.9 Å². The van der Waals surface area contributed by atoms with Crippen LogP contribution in [0.5, 0.6) is 5.88 Å². The molecule has 200 valence electrons. The van der Waals surface area contributed by atoms with Crippen molar-refractivity contribution in [2.24, 2.45) is 0 Å². The van der Waals surface area contributed by atoms with Crippen LogP contribution in [0.1, 0.15) is 22.8 Å². The van der Waals surface area contributed by atoms with Gasteiger partial charge in [-0.2, -0.15) is 23.5 Å². The number of aliphatic hydroxyl groups is 1. The number of nitrogen functional groups attached to an aromatic ring is 1. The number of anilines is 1. The number of alkyl halides is 4. The van der Waals surface area contributed by atoms with Gasteiger partial charge in [-0.1, -0.05) is 0 Å². The Hall–Kier alpha value is -4.52. The number of nitrogens with two attached hydrogens (primary N) is 1. The number of halogens is 4. The molecule has 4 N–H and O–H groups in total. The van der Waals surface area contributed by atoms with Gasteiger partial charge in [0, 0.05) is 18.3 Å². The van der Waals surface area contributed by atoms with Crippen LogP contribution in [0.3, 0.4) is 0 Å². The third kappa shape index (κ3) is 4.41. The molecule has 0 unspecified atom stereocenters. The van der Waals surface area contributed by atoms with Crippen LogP contribution in [0, 0.1) is 11.3 Å². The molecule has 0 aliphatic carbocycles. The normalized spacial score (nSPS) is 19.2. The lowest BCUT2D eigenvalue weighted by molar-refractivity contribution is -0.249. The van der Waals surface area contributed by atoms with E-state index in [1.54, 1.807) is 0 Å².